The summed E-state index contributed by atoms with van der Waals surface area (Å²) in [4.78, 5) is 14.1. The standard InChI is InChI=1S/C14H26N2O2/c1-18-12(11-15)10-13(17)16-8-6-14(7-9-16)4-2-3-5-14/h12H,2-11,15H2,1H3. The van der Waals surface area contributed by atoms with Gasteiger partial charge in [-0.3, -0.25) is 4.79 Å². The van der Waals surface area contributed by atoms with E-state index in [1.165, 1.54) is 38.5 Å². The summed E-state index contributed by atoms with van der Waals surface area (Å²) in [6.45, 7) is 2.28. The third-order valence-corrected chi connectivity index (χ3v) is 4.84. The van der Waals surface area contributed by atoms with Gasteiger partial charge in [-0.2, -0.15) is 0 Å². The number of carbonyl (C=O) groups excluding carboxylic acids is 1. The molecule has 1 atom stereocenters. The fourth-order valence-corrected chi connectivity index (χ4v) is 3.44. The number of piperidine rings is 1. The molecular weight excluding hydrogens is 228 g/mol. The summed E-state index contributed by atoms with van der Waals surface area (Å²) in [7, 11) is 1.62. The molecule has 0 radical (unpaired) electrons. The quantitative estimate of drug-likeness (QED) is 0.828. The van der Waals surface area contributed by atoms with Crippen molar-refractivity contribution < 1.29 is 9.53 Å². The second kappa shape index (κ2) is 6.02. The van der Waals surface area contributed by atoms with E-state index < -0.39 is 0 Å². The Hall–Kier alpha value is -0.610. The highest BCUT2D eigenvalue weighted by Crippen LogP contribution is 2.46. The maximum absolute atomic E-state index is 12.1. The number of carbonyl (C=O) groups is 1. The Labute approximate surface area is 110 Å². The molecule has 2 rings (SSSR count). The molecule has 0 aromatic carbocycles. The number of methoxy groups -OCH3 is 1. The minimum atomic E-state index is -0.125. The van der Waals surface area contributed by atoms with Crippen molar-refractivity contribution >= 4 is 5.91 Å². The smallest absolute Gasteiger partial charge is 0.225 e. The molecule has 2 fully saturated rings. The van der Waals surface area contributed by atoms with Gasteiger partial charge in [0, 0.05) is 26.7 Å². The molecule has 1 saturated carbocycles. The Bertz CT molecular complexity index is 274. The molecule has 0 aromatic rings. The van der Waals surface area contributed by atoms with Crippen LogP contribution in [0.3, 0.4) is 0 Å². The molecular formula is C14H26N2O2. The summed E-state index contributed by atoms with van der Waals surface area (Å²) in [5, 5.41) is 0. The van der Waals surface area contributed by atoms with Crippen LogP contribution in [0, 0.1) is 5.41 Å². The SMILES string of the molecule is COC(CN)CC(=O)N1CCC2(CCCC2)CC1. The Morgan fingerprint density at radius 2 is 1.89 bits per heavy atom. The van der Waals surface area contributed by atoms with Gasteiger partial charge < -0.3 is 15.4 Å². The van der Waals surface area contributed by atoms with E-state index in [4.69, 9.17) is 10.5 Å². The summed E-state index contributed by atoms with van der Waals surface area (Å²) < 4.78 is 5.18. The largest absolute Gasteiger partial charge is 0.380 e. The van der Waals surface area contributed by atoms with E-state index in [2.05, 4.69) is 0 Å². The van der Waals surface area contributed by atoms with Crippen LogP contribution in [0.2, 0.25) is 0 Å². The zero-order valence-electron chi connectivity index (χ0n) is 11.5. The molecule has 1 spiro atoms. The topological polar surface area (TPSA) is 55.6 Å². The minimum Gasteiger partial charge on any atom is -0.380 e. The number of hydrogen-bond donors (Lipinski definition) is 1. The van der Waals surface area contributed by atoms with Crippen LogP contribution in [0.15, 0.2) is 0 Å². The first-order valence-corrected chi connectivity index (χ1v) is 7.20. The Kier molecular flexibility index (Phi) is 4.62. The van der Waals surface area contributed by atoms with Crippen molar-refractivity contribution in [2.75, 3.05) is 26.7 Å². The molecule has 1 unspecified atom stereocenters. The fraction of sp³-hybridized carbons (Fsp3) is 0.929. The van der Waals surface area contributed by atoms with Crippen molar-refractivity contribution in [3.05, 3.63) is 0 Å². The number of nitrogens with zero attached hydrogens (tertiary/aromatic N) is 1. The van der Waals surface area contributed by atoms with E-state index in [0.29, 0.717) is 18.4 Å². The van der Waals surface area contributed by atoms with Crippen LogP contribution in [-0.2, 0) is 9.53 Å². The Morgan fingerprint density at radius 1 is 1.28 bits per heavy atom. The first-order valence-electron chi connectivity index (χ1n) is 7.20. The lowest BCUT2D eigenvalue weighted by atomic mass is 9.77. The molecule has 0 aromatic heterocycles. The van der Waals surface area contributed by atoms with Gasteiger partial charge >= 0.3 is 0 Å². The fourth-order valence-electron chi connectivity index (χ4n) is 3.44. The molecule has 1 aliphatic carbocycles. The molecule has 1 amide bonds. The molecule has 4 heteroatoms. The first kappa shape index (κ1) is 13.8. The van der Waals surface area contributed by atoms with E-state index >= 15 is 0 Å². The molecule has 1 aliphatic heterocycles. The van der Waals surface area contributed by atoms with Gasteiger partial charge in [-0.05, 0) is 31.1 Å². The maximum atomic E-state index is 12.1. The number of hydrogen-bond acceptors (Lipinski definition) is 3. The summed E-state index contributed by atoms with van der Waals surface area (Å²) in [5.74, 6) is 0.208. The molecule has 18 heavy (non-hydrogen) atoms. The van der Waals surface area contributed by atoms with E-state index in [-0.39, 0.29) is 12.0 Å². The average molecular weight is 254 g/mol. The number of amides is 1. The third kappa shape index (κ3) is 3.04. The zero-order valence-corrected chi connectivity index (χ0v) is 11.5. The van der Waals surface area contributed by atoms with Gasteiger partial charge in [0.05, 0.1) is 12.5 Å². The average Bonchev–Trinajstić information content (AvgIpc) is 2.85. The number of nitrogens with two attached hydrogens (primary N) is 1. The first-order chi connectivity index (χ1) is 8.69. The predicted octanol–water partition coefficient (Wildman–Crippen LogP) is 1.53. The maximum Gasteiger partial charge on any atom is 0.225 e. The molecule has 2 N–H and O–H groups in total. The minimum absolute atomic E-state index is 0.125. The van der Waals surface area contributed by atoms with Gasteiger partial charge in [0.2, 0.25) is 5.91 Å². The second-order valence-electron chi connectivity index (χ2n) is 5.89. The highest BCUT2D eigenvalue weighted by molar-refractivity contribution is 5.76. The van der Waals surface area contributed by atoms with Crippen molar-refractivity contribution in [3.8, 4) is 0 Å². The Balaban J connectivity index is 1.80. The van der Waals surface area contributed by atoms with Crippen LogP contribution in [0.1, 0.15) is 44.9 Å². The van der Waals surface area contributed by atoms with Crippen molar-refractivity contribution in [3.63, 3.8) is 0 Å². The van der Waals surface area contributed by atoms with Crippen LogP contribution in [0.25, 0.3) is 0 Å². The van der Waals surface area contributed by atoms with E-state index in [9.17, 15) is 4.79 Å². The lowest BCUT2D eigenvalue weighted by Crippen LogP contribution is -2.44. The molecule has 4 nitrogen and oxygen atoms in total. The van der Waals surface area contributed by atoms with E-state index in [1.807, 2.05) is 4.90 Å². The van der Waals surface area contributed by atoms with Gasteiger partial charge in [0.1, 0.15) is 0 Å². The van der Waals surface area contributed by atoms with Gasteiger partial charge in [-0.1, -0.05) is 12.8 Å². The second-order valence-corrected chi connectivity index (χ2v) is 5.89. The molecule has 0 bridgehead atoms. The molecule has 104 valence electrons. The predicted molar refractivity (Wildman–Crippen MR) is 71.2 cm³/mol. The van der Waals surface area contributed by atoms with Gasteiger partial charge in [-0.15, -0.1) is 0 Å². The van der Waals surface area contributed by atoms with Crippen LogP contribution >= 0.6 is 0 Å². The lowest BCUT2D eigenvalue weighted by molar-refractivity contribution is -0.135. The Morgan fingerprint density at radius 3 is 2.39 bits per heavy atom. The van der Waals surface area contributed by atoms with Gasteiger partial charge in [0.25, 0.3) is 0 Å². The van der Waals surface area contributed by atoms with E-state index in [1.54, 1.807) is 7.11 Å². The monoisotopic (exact) mass is 254 g/mol. The van der Waals surface area contributed by atoms with Crippen LogP contribution in [-0.4, -0.2) is 43.7 Å². The molecule has 2 aliphatic rings. The highest BCUT2D eigenvalue weighted by Gasteiger charge is 2.37. The molecule has 1 saturated heterocycles. The van der Waals surface area contributed by atoms with Crippen molar-refractivity contribution in [2.45, 2.75) is 51.0 Å². The number of ether oxygens (including phenoxy) is 1. The van der Waals surface area contributed by atoms with Crippen LogP contribution < -0.4 is 5.73 Å². The third-order valence-electron chi connectivity index (χ3n) is 4.84. The highest BCUT2D eigenvalue weighted by atomic mass is 16.5. The van der Waals surface area contributed by atoms with Gasteiger partial charge in [0.15, 0.2) is 0 Å². The number of rotatable bonds is 4. The number of likely N-dealkylation sites (tertiary alicyclic amines) is 1. The molecule has 1 heterocycles. The van der Waals surface area contributed by atoms with Crippen molar-refractivity contribution in [2.24, 2.45) is 11.1 Å². The van der Waals surface area contributed by atoms with Gasteiger partial charge in [-0.25, -0.2) is 0 Å². The zero-order chi connectivity index (χ0) is 13.0. The van der Waals surface area contributed by atoms with Crippen LogP contribution in [0.4, 0.5) is 0 Å². The summed E-state index contributed by atoms with van der Waals surface area (Å²) >= 11 is 0. The summed E-state index contributed by atoms with van der Waals surface area (Å²) in [6.07, 6.45) is 8.20. The van der Waals surface area contributed by atoms with Crippen molar-refractivity contribution in [1.29, 1.82) is 0 Å². The van der Waals surface area contributed by atoms with Crippen molar-refractivity contribution in [1.82, 2.24) is 4.90 Å². The lowest BCUT2D eigenvalue weighted by Gasteiger charge is -2.39. The van der Waals surface area contributed by atoms with E-state index in [0.717, 1.165) is 13.1 Å². The summed E-state index contributed by atoms with van der Waals surface area (Å²) in [6, 6.07) is 0. The summed E-state index contributed by atoms with van der Waals surface area (Å²) in [5.41, 5.74) is 6.13. The normalized spacial score (nSPS) is 24.4. The van der Waals surface area contributed by atoms with Crippen LogP contribution in [0.5, 0.6) is 0 Å².